The molecule has 3 atom stereocenters. The summed E-state index contributed by atoms with van der Waals surface area (Å²) in [7, 11) is 4.52. The fourth-order valence-corrected chi connectivity index (χ4v) is 3.02. The minimum Gasteiger partial charge on any atom is -0.313 e. The molecule has 0 saturated carbocycles. The molecule has 108 valence electrons. The molecule has 1 fully saturated rings. The van der Waals surface area contributed by atoms with E-state index in [0.29, 0.717) is 6.04 Å². The lowest BCUT2D eigenvalue weighted by atomic mass is 9.98. The Hall–Kier alpha value is -0.120. The van der Waals surface area contributed by atoms with E-state index in [2.05, 4.69) is 50.0 Å². The van der Waals surface area contributed by atoms with E-state index in [1.54, 1.807) is 0 Å². The van der Waals surface area contributed by atoms with E-state index >= 15 is 0 Å². The van der Waals surface area contributed by atoms with Crippen LogP contribution in [0.3, 0.4) is 0 Å². The molecule has 1 rings (SSSR count). The third kappa shape index (κ3) is 5.25. The summed E-state index contributed by atoms with van der Waals surface area (Å²) in [6.07, 6.45) is 2.63. The minimum absolute atomic E-state index is 0.643. The fourth-order valence-electron chi connectivity index (χ4n) is 3.02. The van der Waals surface area contributed by atoms with Crippen molar-refractivity contribution in [1.82, 2.24) is 15.1 Å². The van der Waals surface area contributed by atoms with Crippen LogP contribution in [0.1, 0.15) is 33.6 Å². The average Bonchev–Trinajstić information content (AvgIpc) is 2.73. The van der Waals surface area contributed by atoms with Gasteiger partial charge in [0.1, 0.15) is 0 Å². The van der Waals surface area contributed by atoms with Crippen molar-refractivity contribution in [2.45, 2.75) is 39.7 Å². The SMILES string of the molecule is CCNC(CN(C)CC1CCN(C)C1)C(C)CC. The van der Waals surface area contributed by atoms with E-state index < -0.39 is 0 Å². The van der Waals surface area contributed by atoms with Crippen LogP contribution in [0, 0.1) is 11.8 Å². The molecule has 0 bridgehead atoms. The molecule has 1 N–H and O–H groups in total. The lowest BCUT2D eigenvalue weighted by Crippen LogP contribution is -2.44. The summed E-state index contributed by atoms with van der Waals surface area (Å²) < 4.78 is 0. The third-order valence-electron chi connectivity index (χ3n) is 4.36. The van der Waals surface area contributed by atoms with Gasteiger partial charge in [-0.3, -0.25) is 0 Å². The molecule has 0 spiro atoms. The first-order valence-corrected chi connectivity index (χ1v) is 7.67. The number of hydrogen-bond acceptors (Lipinski definition) is 3. The molecule has 18 heavy (non-hydrogen) atoms. The van der Waals surface area contributed by atoms with E-state index in [4.69, 9.17) is 0 Å². The van der Waals surface area contributed by atoms with E-state index in [9.17, 15) is 0 Å². The number of nitrogens with zero attached hydrogens (tertiary/aromatic N) is 2. The highest BCUT2D eigenvalue weighted by Gasteiger charge is 2.22. The summed E-state index contributed by atoms with van der Waals surface area (Å²) in [5, 5.41) is 3.65. The zero-order valence-electron chi connectivity index (χ0n) is 13.1. The van der Waals surface area contributed by atoms with Gasteiger partial charge < -0.3 is 15.1 Å². The van der Waals surface area contributed by atoms with Crippen molar-refractivity contribution in [3.05, 3.63) is 0 Å². The van der Waals surface area contributed by atoms with Crippen molar-refractivity contribution in [1.29, 1.82) is 0 Å². The topological polar surface area (TPSA) is 18.5 Å². The van der Waals surface area contributed by atoms with Gasteiger partial charge in [0.05, 0.1) is 0 Å². The molecule has 3 nitrogen and oxygen atoms in total. The Labute approximate surface area is 114 Å². The summed E-state index contributed by atoms with van der Waals surface area (Å²) in [6, 6.07) is 0.643. The van der Waals surface area contributed by atoms with Gasteiger partial charge in [-0.2, -0.15) is 0 Å². The van der Waals surface area contributed by atoms with Gasteiger partial charge in [0.2, 0.25) is 0 Å². The number of rotatable bonds is 8. The molecule has 1 heterocycles. The quantitative estimate of drug-likeness (QED) is 0.714. The Bertz CT molecular complexity index is 220. The number of likely N-dealkylation sites (N-methyl/N-ethyl adjacent to an activating group) is 2. The van der Waals surface area contributed by atoms with Crippen molar-refractivity contribution < 1.29 is 0 Å². The third-order valence-corrected chi connectivity index (χ3v) is 4.36. The molecule has 3 unspecified atom stereocenters. The summed E-state index contributed by atoms with van der Waals surface area (Å²) in [5.41, 5.74) is 0. The Kier molecular flexibility index (Phi) is 7.20. The van der Waals surface area contributed by atoms with Crippen LogP contribution >= 0.6 is 0 Å². The second-order valence-electron chi connectivity index (χ2n) is 6.19. The van der Waals surface area contributed by atoms with Gasteiger partial charge in [0.15, 0.2) is 0 Å². The monoisotopic (exact) mass is 255 g/mol. The predicted molar refractivity (Wildman–Crippen MR) is 80.0 cm³/mol. The molecule has 0 amide bonds. The van der Waals surface area contributed by atoms with Crippen LogP contribution in [0.4, 0.5) is 0 Å². The molecule has 0 aromatic heterocycles. The summed E-state index contributed by atoms with van der Waals surface area (Å²) in [6.45, 7) is 12.9. The molecule has 0 aromatic rings. The summed E-state index contributed by atoms with van der Waals surface area (Å²) in [5.74, 6) is 1.64. The van der Waals surface area contributed by atoms with E-state index in [1.807, 2.05) is 0 Å². The molecule has 3 heteroatoms. The van der Waals surface area contributed by atoms with Crippen LogP contribution in [0.2, 0.25) is 0 Å². The number of likely N-dealkylation sites (tertiary alicyclic amines) is 1. The van der Waals surface area contributed by atoms with Gasteiger partial charge in [-0.25, -0.2) is 0 Å². The molecule has 1 saturated heterocycles. The van der Waals surface area contributed by atoms with Crippen molar-refractivity contribution in [3.63, 3.8) is 0 Å². The summed E-state index contributed by atoms with van der Waals surface area (Å²) in [4.78, 5) is 4.98. The highest BCUT2D eigenvalue weighted by atomic mass is 15.2. The van der Waals surface area contributed by atoms with Crippen LogP contribution < -0.4 is 5.32 Å². The second kappa shape index (κ2) is 8.13. The van der Waals surface area contributed by atoms with Crippen molar-refractivity contribution in [2.75, 3.05) is 46.8 Å². The first-order valence-electron chi connectivity index (χ1n) is 7.67. The zero-order chi connectivity index (χ0) is 13.5. The number of nitrogens with one attached hydrogen (secondary N) is 1. The second-order valence-corrected chi connectivity index (χ2v) is 6.19. The highest BCUT2D eigenvalue weighted by molar-refractivity contribution is 4.79. The summed E-state index contributed by atoms with van der Waals surface area (Å²) >= 11 is 0. The first-order chi connectivity index (χ1) is 8.56. The maximum atomic E-state index is 3.65. The van der Waals surface area contributed by atoms with Crippen molar-refractivity contribution in [2.24, 2.45) is 11.8 Å². The largest absolute Gasteiger partial charge is 0.313 e. The van der Waals surface area contributed by atoms with E-state index in [1.165, 1.54) is 39.0 Å². The maximum Gasteiger partial charge on any atom is 0.0220 e. The lowest BCUT2D eigenvalue weighted by molar-refractivity contribution is 0.218. The van der Waals surface area contributed by atoms with Crippen molar-refractivity contribution in [3.8, 4) is 0 Å². The predicted octanol–water partition coefficient (Wildman–Crippen LogP) is 1.89. The van der Waals surface area contributed by atoms with Gasteiger partial charge in [-0.1, -0.05) is 27.2 Å². The van der Waals surface area contributed by atoms with Gasteiger partial charge in [0, 0.05) is 25.7 Å². The van der Waals surface area contributed by atoms with Gasteiger partial charge >= 0.3 is 0 Å². The molecular weight excluding hydrogens is 222 g/mol. The number of hydrogen-bond donors (Lipinski definition) is 1. The van der Waals surface area contributed by atoms with Gasteiger partial charge in [-0.15, -0.1) is 0 Å². The fraction of sp³-hybridized carbons (Fsp3) is 1.00. The Morgan fingerprint density at radius 3 is 2.61 bits per heavy atom. The Balaban J connectivity index is 2.33. The Morgan fingerprint density at radius 1 is 1.39 bits per heavy atom. The van der Waals surface area contributed by atoms with Crippen LogP contribution in [0.15, 0.2) is 0 Å². The maximum absolute atomic E-state index is 3.65. The Morgan fingerprint density at radius 2 is 2.11 bits per heavy atom. The first kappa shape index (κ1) is 15.9. The molecule has 1 aliphatic rings. The molecule has 1 aliphatic heterocycles. The molecule has 0 radical (unpaired) electrons. The van der Waals surface area contributed by atoms with Crippen LogP contribution in [0.5, 0.6) is 0 Å². The average molecular weight is 255 g/mol. The minimum atomic E-state index is 0.643. The standard InChI is InChI=1S/C15H33N3/c1-6-13(3)15(16-7-2)12-18(5)11-14-8-9-17(4)10-14/h13-16H,6-12H2,1-5H3. The molecule has 0 aliphatic carbocycles. The van der Waals surface area contributed by atoms with Crippen LogP contribution in [-0.4, -0.2) is 62.7 Å². The van der Waals surface area contributed by atoms with E-state index in [0.717, 1.165) is 18.4 Å². The highest BCUT2D eigenvalue weighted by Crippen LogP contribution is 2.16. The lowest BCUT2D eigenvalue weighted by Gasteiger charge is -2.30. The molecular formula is C15H33N3. The van der Waals surface area contributed by atoms with Crippen LogP contribution in [-0.2, 0) is 0 Å². The smallest absolute Gasteiger partial charge is 0.0220 e. The van der Waals surface area contributed by atoms with Gasteiger partial charge in [-0.05, 0) is 45.4 Å². The van der Waals surface area contributed by atoms with Crippen molar-refractivity contribution >= 4 is 0 Å². The zero-order valence-corrected chi connectivity index (χ0v) is 13.1. The van der Waals surface area contributed by atoms with Gasteiger partial charge in [0.25, 0.3) is 0 Å². The normalized spacial score (nSPS) is 24.7. The molecule has 0 aromatic carbocycles. The van der Waals surface area contributed by atoms with Crippen LogP contribution in [0.25, 0.3) is 0 Å². The van der Waals surface area contributed by atoms with E-state index in [-0.39, 0.29) is 0 Å².